The minimum absolute atomic E-state index is 0.463. The minimum atomic E-state index is 0.463. The molecule has 0 heterocycles. The van der Waals surface area contributed by atoms with E-state index in [2.05, 4.69) is 37.4 Å². The van der Waals surface area contributed by atoms with Gasteiger partial charge in [0.2, 0.25) is 0 Å². The first-order valence-corrected chi connectivity index (χ1v) is 7.63. The van der Waals surface area contributed by atoms with E-state index in [4.69, 9.17) is 16.3 Å². The largest absolute Gasteiger partial charge is 0.487 e. The highest BCUT2D eigenvalue weighted by atomic mass is 35.5. The SMILES string of the molecule is Cc1ccc(OCc2ccccc2CNC(C)C)c(Cl)c1. The van der Waals surface area contributed by atoms with Crippen molar-refractivity contribution in [3.05, 3.63) is 64.2 Å². The van der Waals surface area contributed by atoms with Crippen LogP contribution in [0.4, 0.5) is 0 Å². The lowest BCUT2D eigenvalue weighted by molar-refractivity contribution is 0.304. The van der Waals surface area contributed by atoms with Crippen LogP contribution in [0, 0.1) is 6.92 Å². The molecule has 1 N–H and O–H groups in total. The van der Waals surface area contributed by atoms with Crippen LogP contribution in [0.3, 0.4) is 0 Å². The van der Waals surface area contributed by atoms with Gasteiger partial charge in [0.1, 0.15) is 12.4 Å². The first kappa shape index (κ1) is 15.9. The fraction of sp³-hybridized carbons (Fsp3) is 0.333. The fourth-order valence-corrected chi connectivity index (χ4v) is 2.35. The maximum Gasteiger partial charge on any atom is 0.138 e. The summed E-state index contributed by atoms with van der Waals surface area (Å²) in [6.07, 6.45) is 0. The number of hydrogen-bond donors (Lipinski definition) is 1. The Kier molecular flexibility index (Phi) is 5.66. The van der Waals surface area contributed by atoms with Gasteiger partial charge in [-0.2, -0.15) is 0 Å². The molecule has 2 rings (SSSR count). The van der Waals surface area contributed by atoms with Crippen molar-refractivity contribution in [3.8, 4) is 5.75 Å². The van der Waals surface area contributed by atoms with E-state index in [9.17, 15) is 0 Å². The van der Waals surface area contributed by atoms with Crippen LogP contribution < -0.4 is 10.1 Å². The highest BCUT2D eigenvalue weighted by Crippen LogP contribution is 2.26. The summed E-state index contributed by atoms with van der Waals surface area (Å²) >= 11 is 6.20. The van der Waals surface area contributed by atoms with Crippen molar-refractivity contribution >= 4 is 11.6 Å². The normalized spacial score (nSPS) is 10.9. The molecular weight excluding hydrogens is 282 g/mol. The Morgan fingerprint density at radius 2 is 1.81 bits per heavy atom. The number of hydrogen-bond acceptors (Lipinski definition) is 2. The van der Waals surface area contributed by atoms with Crippen molar-refractivity contribution in [1.82, 2.24) is 5.32 Å². The van der Waals surface area contributed by atoms with Crippen LogP contribution in [0.25, 0.3) is 0 Å². The van der Waals surface area contributed by atoms with Gasteiger partial charge in [-0.15, -0.1) is 0 Å². The molecule has 0 aliphatic rings. The van der Waals surface area contributed by atoms with Crippen LogP contribution in [0.5, 0.6) is 5.75 Å². The van der Waals surface area contributed by atoms with Gasteiger partial charge in [0.25, 0.3) is 0 Å². The molecule has 21 heavy (non-hydrogen) atoms. The first-order valence-electron chi connectivity index (χ1n) is 7.25. The molecule has 112 valence electrons. The van der Waals surface area contributed by atoms with Crippen molar-refractivity contribution in [2.45, 2.75) is 40.0 Å². The zero-order chi connectivity index (χ0) is 15.2. The second-order valence-corrected chi connectivity index (χ2v) is 5.93. The molecule has 0 saturated heterocycles. The van der Waals surface area contributed by atoms with E-state index in [-0.39, 0.29) is 0 Å². The first-order chi connectivity index (χ1) is 10.1. The highest BCUT2D eigenvalue weighted by molar-refractivity contribution is 6.32. The Hall–Kier alpha value is -1.51. The topological polar surface area (TPSA) is 21.3 Å². The number of rotatable bonds is 6. The van der Waals surface area contributed by atoms with Gasteiger partial charge in [-0.1, -0.05) is 55.8 Å². The van der Waals surface area contributed by atoms with Crippen LogP contribution in [0.15, 0.2) is 42.5 Å². The number of halogens is 1. The molecule has 0 aromatic heterocycles. The lowest BCUT2D eigenvalue weighted by atomic mass is 10.1. The highest BCUT2D eigenvalue weighted by Gasteiger charge is 2.06. The van der Waals surface area contributed by atoms with Crippen LogP contribution >= 0.6 is 11.6 Å². The summed E-state index contributed by atoms with van der Waals surface area (Å²) < 4.78 is 5.87. The van der Waals surface area contributed by atoms with E-state index in [1.165, 1.54) is 11.1 Å². The van der Waals surface area contributed by atoms with Crippen LogP contribution in [-0.2, 0) is 13.2 Å². The lowest BCUT2D eigenvalue weighted by Crippen LogP contribution is -2.22. The van der Waals surface area contributed by atoms with E-state index in [0.29, 0.717) is 17.7 Å². The summed E-state index contributed by atoms with van der Waals surface area (Å²) in [6, 6.07) is 14.6. The Bertz CT molecular complexity index is 596. The molecule has 0 unspecified atom stereocenters. The van der Waals surface area contributed by atoms with E-state index in [1.807, 2.05) is 31.2 Å². The van der Waals surface area contributed by atoms with E-state index in [1.54, 1.807) is 0 Å². The summed E-state index contributed by atoms with van der Waals surface area (Å²) in [6.45, 7) is 7.68. The average molecular weight is 304 g/mol. The smallest absolute Gasteiger partial charge is 0.138 e. The molecule has 0 bridgehead atoms. The maximum absolute atomic E-state index is 6.20. The summed E-state index contributed by atoms with van der Waals surface area (Å²) in [5.74, 6) is 0.730. The third-order valence-electron chi connectivity index (χ3n) is 3.29. The quantitative estimate of drug-likeness (QED) is 0.833. The van der Waals surface area contributed by atoms with Crippen LogP contribution in [0.2, 0.25) is 5.02 Å². The minimum Gasteiger partial charge on any atom is -0.487 e. The Morgan fingerprint density at radius 3 is 2.48 bits per heavy atom. The third kappa shape index (κ3) is 4.76. The molecule has 0 spiro atoms. The van der Waals surface area contributed by atoms with E-state index >= 15 is 0 Å². The van der Waals surface area contributed by atoms with Crippen LogP contribution in [0.1, 0.15) is 30.5 Å². The molecular formula is C18H22ClNO. The average Bonchev–Trinajstić information content (AvgIpc) is 2.45. The van der Waals surface area contributed by atoms with Crippen molar-refractivity contribution < 1.29 is 4.74 Å². The van der Waals surface area contributed by atoms with Crippen molar-refractivity contribution in [3.63, 3.8) is 0 Å². The van der Waals surface area contributed by atoms with Gasteiger partial charge < -0.3 is 10.1 Å². The molecule has 2 aromatic carbocycles. The van der Waals surface area contributed by atoms with Crippen LogP contribution in [-0.4, -0.2) is 6.04 Å². The molecule has 2 nitrogen and oxygen atoms in total. The van der Waals surface area contributed by atoms with Gasteiger partial charge in [0, 0.05) is 12.6 Å². The predicted octanol–water partition coefficient (Wildman–Crippen LogP) is 4.73. The molecule has 0 atom stereocenters. The van der Waals surface area contributed by atoms with E-state index < -0.39 is 0 Å². The monoisotopic (exact) mass is 303 g/mol. The van der Waals surface area contributed by atoms with Gasteiger partial charge >= 0.3 is 0 Å². The summed E-state index contributed by atoms with van der Waals surface area (Å²) in [7, 11) is 0. The lowest BCUT2D eigenvalue weighted by Gasteiger charge is -2.14. The molecule has 0 amide bonds. The molecule has 0 fully saturated rings. The van der Waals surface area contributed by atoms with Gasteiger partial charge in [-0.05, 0) is 35.7 Å². The van der Waals surface area contributed by atoms with Crippen molar-refractivity contribution in [2.24, 2.45) is 0 Å². The second-order valence-electron chi connectivity index (χ2n) is 5.53. The number of ether oxygens (including phenoxy) is 1. The number of aryl methyl sites for hydroxylation is 1. The Morgan fingerprint density at radius 1 is 1.10 bits per heavy atom. The molecule has 0 radical (unpaired) electrons. The van der Waals surface area contributed by atoms with Gasteiger partial charge in [0.05, 0.1) is 5.02 Å². The van der Waals surface area contributed by atoms with Crippen molar-refractivity contribution in [1.29, 1.82) is 0 Å². The maximum atomic E-state index is 6.20. The van der Waals surface area contributed by atoms with Gasteiger partial charge in [-0.3, -0.25) is 0 Å². The fourth-order valence-electron chi connectivity index (χ4n) is 2.06. The van der Waals surface area contributed by atoms with Gasteiger partial charge in [-0.25, -0.2) is 0 Å². The zero-order valence-corrected chi connectivity index (χ0v) is 13.6. The molecule has 0 aliphatic carbocycles. The Labute approximate surface area is 132 Å². The number of benzene rings is 2. The number of nitrogens with one attached hydrogen (secondary N) is 1. The second kappa shape index (κ2) is 7.48. The van der Waals surface area contributed by atoms with E-state index in [0.717, 1.165) is 17.9 Å². The molecule has 0 aliphatic heterocycles. The van der Waals surface area contributed by atoms with Gasteiger partial charge in [0.15, 0.2) is 0 Å². The molecule has 3 heteroatoms. The Balaban J connectivity index is 2.05. The van der Waals surface area contributed by atoms with Crippen molar-refractivity contribution in [2.75, 3.05) is 0 Å². The summed E-state index contributed by atoms with van der Waals surface area (Å²) in [5.41, 5.74) is 3.57. The summed E-state index contributed by atoms with van der Waals surface area (Å²) in [4.78, 5) is 0. The molecule has 0 saturated carbocycles. The predicted molar refractivity (Wildman–Crippen MR) is 88.9 cm³/mol. The molecule has 2 aromatic rings. The summed E-state index contributed by atoms with van der Waals surface area (Å²) in [5, 5.41) is 4.10. The third-order valence-corrected chi connectivity index (χ3v) is 3.59. The standard InChI is InChI=1S/C18H22ClNO/c1-13(2)20-11-15-6-4-5-7-16(15)12-21-18-9-8-14(3)10-17(18)19/h4-10,13,20H,11-12H2,1-3H3. The zero-order valence-electron chi connectivity index (χ0n) is 12.8.